The Morgan fingerprint density at radius 2 is 0.881 bits per heavy atom. The molecule has 0 bridgehead atoms. The van der Waals surface area contributed by atoms with Crippen molar-refractivity contribution < 1.29 is 24.5 Å². The molecule has 0 heterocycles. The molecule has 3 N–H and O–H groups in total. The fourth-order valence-corrected chi connectivity index (χ4v) is 7.67. The summed E-state index contributed by atoms with van der Waals surface area (Å²) in [5.74, 6) is -0.0723. The Morgan fingerprint density at radius 1 is 0.475 bits per heavy atom. The van der Waals surface area contributed by atoms with Crippen LogP contribution < -0.4 is 5.32 Å². The summed E-state index contributed by atoms with van der Waals surface area (Å²) in [4.78, 5) is 24.4. The molecule has 1 amide bonds. The van der Waals surface area contributed by atoms with Crippen molar-refractivity contribution in [3.63, 3.8) is 0 Å². The highest BCUT2D eigenvalue weighted by Crippen LogP contribution is 2.16. The minimum absolute atomic E-state index is 0.0188. The van der Waals surface area contributed by atoms with E-state index in [1.54, 1.807) is 0 Å². The molecular weight excluding hydrogens is 731 g/mol. The molecule has 0 rings (SSSR count). The van der Waals surface area contributed by atoms with Crippen molar-refractivity contribution in [2.24, 2.45) is 0 Å². The van der Waals surface area contributed by atoms with Crippen molar-refractivity contribution in [1.82, 2.24) is 5.32 Å². The van der Waals surface area contributed by atoms with Gasteiger partial charge in [0, 0.05) is 12.8 Å². The maximum Gasteiger partial charge on any atom is 0.305 e. The number of rotatable bonds is 47. The Labute approximate surface area is 366 Å². The first-order valence-electron chi connectivity index (χ1n) is 25.7. The number of allylic oxidation sites excluding steroid dienone is 6. The average Bonchev–Trinajstić information content (AvgIpc) is 3.24. The quantitative estimate of drug-likeness (QED) is 0.0323. The Hall–Kier alpha value is -1.92. The highest BCUT2D eigenvalue weighted by atomic mass is 16.5. The molecule has 0 aliphatic rings. The number of aliphatic hydroxyl groups is 2. The molecule has 6 nitrogen and oxygen atoms in total. The van der Waals surface area contributed by atoms with E-state index in [1.807, 2.05) is 0 Å². The second-order valence-electron chi connectivity index (χ2n) is 17.5. The smallest absolute Gasteiger partial charge is 0.305 e. The third-order valence-electron chi connectivity index (χ3n) is 11.6. The number of nitrogens with one attached hydrogen (secondary N) is 1. The van der Waals surface area contributed by atoms with Gasteiger partial charge in [-0.1, -0.05) is 211 Å². The van der Waals surface area contributed by atoms with Crippen LogP contribution in [0.25, 0.3) is 0 Å². The molecule has 0 aliphatic carbocycles. The lowest BCUT2D eigenvalue weighted by atomic mass is 10.0. The van der Waals surface area contributed by atoms with Gasteiger partial charge in [0.1, 0.15) is 0 Å². The SMILES string of the molecule is CCC/C=C\C/C=C\CCCCCCCC(=O)OCCCCCCCCC/C=C\CCCCCCCC(=O)NC(CO)C(O)CCCCCCCCCCCCCCC. The van der Waals surface area contributed by atoms with Crippen molar-refractivity contribution in [2.45, 2.75) is 276 Å². The van der Waals surface area contributed by atoms with Crippen molar-refractivity contribution >= 4 is 11.9 Å². The summed E-state index contributed by atoms with van der Waals surface area (Å²) in [6.45, 7) is 4.85. The molecule has 0 aromatic heterocycles. The summed E-state index contributed by atoms with van der Waals surface area (Å²) in [6, 6.07) is -0.553. The minimum atomic E-state index is -0.674. The molecule has 0 fully saturated rings. The second-order valence-corrected chi connectivity index (χ2v) is 17.5. The Bertz CT molecular complexity index is 962. The number of hydrogen-bond acceptors (Lipinski definition) is 5. The number of carbonyl (C=O) groups is 2. The summed E-state index contributed by atoms with van der Waals surface area (Å²) in [6.07, 6.45) is 58.2. The van der Waals surface area contributed by atoms with Crippen LogP contribution in [-0.4, -0.2) is 47.4 Å². The van der Waals surface area contributed by atoms with Gasteiger partial charge in [0.15, 0.2) is 0 Å². The predicted octanol–water partition coefficient (Wildman–Crippen LogP) is 15.3. The van der Waals surface area contributed by atoms with E-state index in [-0.39, 0.29) is 18.5 Å². The monoisotopic (exact) mass is 830 g/mol. The Balaban J connectivity index is 3.48. The van der Waals surface area contributed by atoms with Gasteiger partial charge in [0.05, 0.1) is 25.4 Å². The number of esters is 1. The third kappa shape index (κ3) is 45.4. The first-order chi connectivity index (χ1) is 29.0. The van der Waals surface area contributed by atoms with Crippen LogP contribution in [0.1, 0.15) is 264 Å². The normalized spacial score (nSPS) is 12.9. The van der Waals surface area contributed by atoms with Crippen LogP contribution in [0.5, 0.6) is 0 Å². The van der Waals surface area contributed by atoms with E-state index in [9.17, 15) is 19.8 Å². The molecule has 0 aromatic rings. The highest BCUT2D eigenvalue weighted by Gasteiger charge is 2.20. The van der Waals surface area contributed by atoms with Crippen LogP contribution in [0.15, 0.2) is 36.5 Å². The standard InChI is InChI=1S/C53H99NO5/c1-3-5-7-9-11-13-15-21-25-29-33-37-41-45-51(56)50(49-55)54-52(57)46-42-38-34-30-26-23-19-17-18-20-24-28-32-36-40-44-48-59-53(58)47-43-39-35-31-27-22-16-14-12-10-8-6-4-2/h8,10,14,16-17,19,50-51,55-56H,3-7,9,11-13,15,18,20-49H2,1-2H3,(H,54,57)/b10-8-,16-14-,19-17-. The lowest BCUT2D eigenvalue weighted by Crippen LogP contribution is -2.45. The summed E-state index contributed by atoms with van der Waals surface area (Å²) in [5.41, 5.74) is 0. The van der Waals surface area contributed by atoms with Gasteiger partial charge >= 0.3 is 5.97 Å². The van der Waals surface area contributed by atoms with Gasteiger partial charge in [-0.15, -0.1) is 0 Å². The van der Waals surface area contributed by atoms with Crippen molar-refractivity contribution in [3.8, 4) is 0 Å². The van der Waals surface area contributed by atoms with E-state index >= 15 is 0 Å². The number of carbonyl (C=O) groups excluding carboxylic acids is 2. The molecule has 0 aromatic carbocycles. The zero-order valence-corrected chi connectivity index (χ0v) is 39.2. The molecule has 0 radical (unpaired) electrons. The lowest BCUT2D eigenvalue weighted by Gasteiger charge is -2.22. The molecule has 0 spiro atoms. The van der Waals surface area contributed by atoms with Crippen LogP contribution in [0.4, 0.5) is 0 Å². The van der Waals surface area contributed by atoms with Crippen LogP contribution in [0.3, 0.4) is 0 Å². The van der Waals surface area contributed by atoms with E-state index in [0.29, 0.717) is 25.9 Å². The fourth-order valence-electron chi connectivity index (χ4n) is 7.67. The topological polar surface area (TPSA) is 95.9 Å². The first-order valence-corrected chi connectivity index (χ1v) is 25.7. The third-order valence-corrected chi connectivity index (χ3v) is 11.6. The van der Waals surface area contributed by atoms with Crippen molar-refractivity contribution in [2.75, 3.05) is 13.2 Å². The van der Waals surface area contributed by atoms with E-state index in [1.165, 1.54) is 154 Å². The predicted molar refractivity (Wildman–Crippen MR) is 255 cm³/mol. The van der Waals surface area contributed by atoms with Gasteiger partial charge in [-0.25, -0.2) is 0 Å². The number of ether oxygens (including phenoxy) is 1. The van der Waals surface area contributed by atoms with Gasteiger partial charge in [0.2, 0.25) is 5.91 Å². The summed E-state index contributed by atoms with van der Waals surface area (Å²) in [5, 5.41) is 23.2. The van der Waals surface area contributed by atoms with E-state index in [2.05, 4.69) is 55.6 Å². The van der Waals surface area contributed by atoms with Crippen LogP contribution in [0, 0.1) is 0 Å². The van der Waals surface area contributed by atoms with Crippen LogP contribution in [0.2, 0.25) is 0 Å². The van der Waals surface area contributed by atoms with Crippen molar-refractivity contribution in [3.05, 3.63) is 36.5 Å². The van der Waals surface area contributed by atoms with Gasteiger partial charge < -0.3 is 20.3 Å². The van der Waals surface area contributed by atoms with Crippen molar-refractivity contribution in [1.29, 1.82) is 0 Å². The Kier molecular flexibility index (Phi) is 47.2. The molecule has 0 saturated carbocycles. The number of aliphatic hydroxyl groups excluding tert-OH is 2. The zero-order chi connectivity index (χ0) is 43.0. The van der Waals surface area contributed by atoms with E-state index < -0.39 is 12.1 Å². The maximum atomic E-state index is 12.4. The number of hydrogen-bond donors (Lipinski definition) is 3. The molecule has 0 saturated heterocycles. The molecule has 2 unspecified atom stereocenters. The molecule has 0 aliphatic heterocycles. The number of amides is 1. The van der Waals surface area contributed by atoms with Gasteiger partial charge in [-0.2, -0.15) is 0 Å². The maximum absolute atomic E-state index is 12.4. The highest BCUT2D eigenvalue weighted by molar-refractivity contribution is 5.76. The summed E-state index contributed by atoms with van der Waals surface area (Å²) < 4.78 is 5.44. The fraction of sp³-hybridized carbons (Fsp3) is 0.849. The molecule has 59 heavy (non-hydrogen) atoms. The largest absolute Gasteiger partial charge is 0.466 e. The second kappa shape index (κ2) is 48.7. The minimum Gasteiger partial charge on any atom is -0.466 e. The van der Waals surface area contributed by atoms with Crippen LogP contribution in [-0.2, 0) is 14.3 Å². The summed E-state index contributed by atoms with van der Waals surface area (Å²) in [7, 11) is 0. The first kappa shape index (κ1) is 57.1. The van der Waals surface area contributed by atoms with E-state index in [4.69, 9.17) is 4.74 Å². The van der Waals surface area contributed by atoms with Gasteiger partial charge in [0.25, 0.3) is 0 Å². The average molecular weight is 830 g/mol. The van der Waals surface area contributed by atoms with E-state index in [0.717, 1.165) is 77.0 Å². The molecule has 346 valence electrons. The molecule has 2 atom stereocenters. The summed E-state index contributed by atoms with van der Waals surface area (Å²) >= 11 is 0. The lowest BCUT2D eigenvalue weighted by molar-refractivity contribution is -0.143. The molecular formula is C53H99NO5. The number of unbranched alkanes of at least 4 members (excludes halogenated alkanes) is 30. The zero-order valence-electron chi connectivity index (χ0n) is 39.2. The Morgan fingerprint density at radius 3 is 1.37 bits per heavy atom. The van der Waals surface area contributed by atoms with Gasteiger partial charge in [-0.05, 0) is 77.0 Å². The van der Waals surface area contributed by atoms with Crippen LogP contribution >= 0.6 is 0 Å². The molecule has 6 heteroatoms. The van der Waals surface area contributed by atoms with Gasteiger partial charge in [-0.3, -0.25) is 9.59 Å².